The van der Waals surface area contributed by atoms with Crippen LogP contribution in [0.3, 0.4) is 0 Å². The van der Waals surface area contributed by atoms with Crippen molar-refractivity contribution >= 4 is 12.0 Å². The number of carbonyl (C=O) groups is 2. The Morgan fingerprint density at radius 1 is 1.04 bits per heavy atom. The van der Waals surface area contributed by atoms with E-state index in [-0.39, 0.29) is 13.4 Å². The first-order valence-corrected chi connectivity index (χ1v) is 10.6. The molecule has 1 N–H and O–H groups in total. The lowest BCUT2D eigenvalue weighted by Gasteiger charge is -2.17. The maximum atomic E-state index is 12.3. The molecule has 154 valence electrons. The van der Waals surface area contributed by atoms with Gasteiger partial charge in [-0.2, -0.15) is 0 Å². The third-order valence-electron chi connectivity index (χ3n) is 5.47. The summed E-state index contributed by atoms with van der Waals surface area (Å²) in [5.74, 6) is -0.118. The number of urea groups is 1. The molecule has 1 heterocycles. The van der Waals surface area contributed by atoms with Crippen molar-refractivity contribution in [3.63, 3.8) is 0 Å². The van der Waals surface area contributed by atoms with Gasteiger partial charge in [0.05, 0.1) is 0 Å². The van der Waals surface area contributed by atoms with Crippen LogP contribution in [0.25, 0.3) is 0 Å². The molecule has 0 aromatic carbocycles. The Bertz CT molecular complexity index is 694. The van der Waals surface area contributed by atoms with Gasteiger partial charge >= 0.3 is 12.0 Å². The van der Waals surface area contributed by atoms with Crippen molar-refractivity contribution in [2.24, 2.45) is 0 Å². The summed E-state index contributed by atoms with van der Waals surface area (Å²) in [6.07, 6.45) is 19.2. The van der Waals surface area contributed by atoms with Gasteiger partial charge in [-0.05, 0) is 55.2 Å². The highest BCUT2D eigenvalue weighted by molar-refractivity contribution is 5.76. The van der Waals surface area contributed by atoms with Crippen LogP contribution in [0.4, 0.5) is 4.79 Å². The summed E-state index contributed by atoms with van der Waals surface area (Å²) in [5, 5.41) is 3.02. The summed E-state index contributed by atoms with van der Waals surface area (Å²) >= 11 is 0. The van der Waals surface area contributed by atoms with Crippen LogP contribution in [-0.2, 0) is 9.53 Å². The van der Waals surface area contributed by atoms with E-state index in [1.54, 1.807) is 0 Å². The number of unbranched alkanes of at least 4 members (excludes halogenated alkanes) is 3. The number of allylic oxidation sites excluding steroid dienone is 3. The van der Waals surface area contributed by atoms with Crippen LogP contribution in [0.1, 0.15) is 59.2 Å². The fourth-order valence-corrected chi connectivity index (χ4v) is 3.81. The lowest BCUT2D eigenvalue weighted by molar-refractivity contribution is -0.142. The maximum absolute atomic E-state index is 12.3. The largest absolute Gasteiger partial charge is 0.461 e. The second-order valence-corrected chi connectivity index (χ2v) is 7.74. The van der Waals surface area contributed by atoms with E-state index in [4.69, 9.17) is 4.74 Å². The minimum Gasteiger partial charge on any atom is -0.461 e. The van der Waals surface area contributed by atoms with Crippen LogP contribution in [0.15, 0.2) is 47.1 Å². The summed E-state index contributed by atoms with van der Waals surface area (Å²) in [7, 11) is 0. The van der Waals surface area contributed by atoms with Crippen molar-refractivity contribution in [2.75, 3.05) is 26.2 Å². The lowest BCUT2D eigenvalue weighted by atomic mass is 10.0. The molecular formula is C23H34N2O3. The summed E-state index contributed by atoms with van der Waals surface area (Å²) < 4.78 is 5.31. The van der Waals surface area contributed by atoms with Crippen LogP contribution in [0.2, 0.25) is 0 Å². The molecule has 3 rings (SSSR count). The monoisotopic (exact) mass is 386 g/mol. The molecule has 5 heteroatoms. The molecular weight excluding hydrogens is 352 g/mol. The minimum absolute atomic E-state index is 0. The van der Waals surface area contributed by atoms with E-state index in [0.29, 0.717) is 19.6 Å². The molecule has 5 nitrogen and oxygen atoms in total. The summed E-state index contributed by atoms with van der Waals surface area (Å²) in [5.41, 5.74) is 3.84. The predicted molar refractivity (Wildman–Crippen MR) is 113 cm³/mol. The molecule has 2 aliphatic carbocycles. The standard InChI is InChI=1S/C23H32N2O3.H2/c26-22(28-18-19-10-4-3-5-11-19)14-6-1-2-9-15-24-23(27)25-16-20-12-7-8-13-21(20)17-25;/h4,7,10-12H,1-3,5-6,8-9,13-18H2,(H,24,27);1H. The van der Waals surface area contributed by atoms with Gasteiger partial charge in [0.25, 0.3) is 0 Å². The number of ether oxygens (including phenoxy) is 1. The molecule has 0 bridgehead atoms. The fourth-order valence-electron chi connectivity index (χ4n) is 3.81. The Morgan fingerprint density at radius 3 is 2.71 bits per heavy atom. The van der Waals surface area contributed by atoms with Crippen LogP contribution in [0, 0.1) is 0 Å². The molecule has 28 heavy (non-hydrogen) atoms. The fraction of sp³-hybridized carbons (Fsp3) is 0.565. The van der Waals surface area contributed by atoms with Crippen LogP contribution in [-0.4, -0.2) is 43.1 Å². The van der Waals surface area contributed by atoms with Crippen LogP contribution >= 0.6 is 0 Å². The Hall–Kier alpha value is -2.30. The molecule has 0 aromatic heterocycles. The van der Waals surface area contributed by atoms with Gasteiger partial charge in [-0.3, -0.25) is 4.79 Å². The highest BCUT2D eigenvalue weighted by Crippen LogP contribution is 2.26. The van der Waals surface area contributed by atoms with Crippen molar-refractivity contribution in [2.45, 2.75) is 57.8 Å². The molecule has 0 radical (unpaired) electrons. The second kappa shape index (κ2) is 10.9. The third kappa shape index (κ3) is 6.39. The number of nitrogens with one attached hydrogen (secondary N) is 1. The number of hydrogen-bond donors (Lipinski definition) is 1. The summed E-state index contributed by atoms with van der Waals surface area (Å²) in [4.78, 5) is 25.9. The molecule has 3 aliphatic rings. The smallest absolute Gasteiger partial charge is 0.317 e. The zero-order chi connectivity index (χ0) is 19.6. The number of esters is 1. The minimum atomic E-state index is -0.118. The molecule has 0 aromatic rings. The first kappa shape index (κ1) is 20.4. The lowest BCUT2D eigenvalue weighted by Crippen LogP contribution is -2.39. The van der Waals surface area contributed by atoms with Crippen molar-refractivity contribution in [3.05, 3.63) is 47.1 Å². The third-order valence-corrected chi connectivity index (χ3v) is 5.47. The Morgan fingerprint density at radius 2 is 1.89 bits per heavy atom. The van der Waals surface area contributed by atoms with E-state index < -0.39 is 0 Å². The van der Waals surface area contributed by atoms with Gasteiger partial charge in [0, 0.05) is 27.5 Å². The average molecular weight is 387 g/mol. The van der Waals surface area contributed by atoms with Gasteiger partial charge in [0.2, 0.25) is 0 Å². The molecule has 2 amide bonds. The predicted octanol–water partition coefficient (Wildman–Crippen LogP) is 4.67. The number of nitrogens with zero attached hydrogens (tertiary/aromatic N) is 1. The zero-order valence-corrected chi connectivity index (χ0v) is 16.8. The SMILES string of the molecule is O=C(CCCCCCNC(=O)N1CC2=C(CCC=C2)C1)OCC1=CCCC=C1.[HH]. The quantitative estimate of drug-likeness (QED) is 0.462. The molecule has 0 fully saturated rings. The highest BCUT2D eigenvalue weighted by Gasteiger charge is 2.24. The number of carbonyl (C=O) groups excluding carboxylic acids is 2. The van der Waals surface area contributed by atoms with E-state index in [9.17, 15) is 9.59 Å². The van der Waals surface area contributed by atoms with Gasteiger partial charge in [-0.15, -0.1) is 0 Å². The molecule has 0 spiro atoms. The Labute approximate surface area is 169 Å². The van der Waals surface area contributed by atoms with Gasteiger partial charge in [0.1, 0.15) is 6.61 Å². The normalized spacial score (nSPS) is 18.1. The van der Waals surface area contributed by atoms with Crippen molar-refractivity contribution in [1.29, 1.82) is 0 Å². The number of hydrogen-bond acceptors (Lipinski definition) is 3. The average Bonchev–Trinajstić information content (AvgIpc) is 3.16. The highest BCUT2D eigenvalue weighted by atomic mass is 16.5. The first-order chi connectivity index (χ1) is 13.7. The molecule has 0 saturated heterocycles. The molecule has 0 atom stereocenters. The first-order valence-electron chi connectivity index (χ1n) is 10.6. The van der Waals surface area contributed by atoms with Crippen molar-refractivity contribution in [3.8, 4) is 0 Å². The van der Waals surface area contributed by atoms with E-state index in [2.05, 4.69) is 29.6 Å². The number of rotatable bonds is 9. The van der Waals surface area contributed by atoms with Gasteiger partial charge < -0.3 is 15.0 Å². The van der Waals surface area contributed by atoms with Crippen molar-refractivity contribution < 1.29 is 15.8 Å². The topological polar surface area (TPSA) is 58.6 Å². The Kier molecular flexibility index (Phi) is 7.94. The van der Waals surface area contributed by atoms with E-state index in [1.807, 2.05) is 11.0 Å². The summed E-state index contributed by atoms with van der Waals surface area (Å²) in [6, 6.07) is 0.0393. The van der Waals surface area contributed by atoms with Gasteiger partial charge in [-0.1, -0.05) is 43.2 Å². The second-order valence-electron chi connectivity index (χ2n) is 7.74. The van der Waals surface area contributed by atoms with Crippen LogP contribution < -0.4 is 5.32 Å². The molecule has 1 aliphatic heterocycles. The van der Waals surface area contributed by atoms with Crippen LogP contribution in [0.5, 0.6) is 0 Å². The van der Waals surface area contributed by atoms with E-state index >= 15 is 0 Å². The van der Waals surface area contributed by atoms with Gasteiger partial charge in [-0.25, -0.2) is 4.79 Å². The number of amides is 2. The van der Waals surface area contributed by atoms with Gasteiger partial charge in [0.15, 0.2) is 0 Å². The summed E-state index contributed by atoms with van der Waals surface area (Å²) in [6.45, 7) is 2.61. The van der Waals surface area contributed by atoms with E-state index in [1.165, 1.54) is 11.1 Å². The van der Waals surface area contributed by atoms with E-state index in [0.717, 1.165) is 70.0 Å². The zero-order valence-electron chi connectivity index (χ0n) is 16.8. The molecule has 0 saturated carbocycles. The maximum Gasteiger partial charge on any atom is 0.317 e. The molecule has 0 unspecified atom stereocenters. The Balaban J connectivity index is 0.00000300. The van der Waals surface area contributed by atoms with Crippen molar-refractivity contribution in [1.82, 2.24) is 10.2 Å².